The summed E-state index contributed by atoms with van der Waals surface area (Å²) in [5.74, 6) is -1.00. The molecular formula is C3H2O3. The first kappa shape index (κ1) is 1.64. The van der Waals surface area contributed by atoms with Crippen LogP contribution in [0.3, 0.4) is 0 Å². The minimum atomic E-state index is -1.00. The van der Waals surface area contributed by atoms with Crippen molar-refractivity contribution < 1.29 is 11.6 Å². The third-order valence-electron chi connectivity index (χ3n) is 0.310. The molecule has 3 heteroatoms. The number of hydrogen-bond acceptors (Lipinski definition) is 3. The molecule has 1 heterocycles. The van der Waals surface area contributed by atoms with Gasteiger partial charge in [-0.05, 0) is 0 Å². The second kappa shape index (κ2) is 1.01. The van der Waals surface area contributed by atoms with Gasteiger partial charge in [0.1, 0.15) is 15.2 Å². The zero-order chi connectivity index (χ0) is 6.15. The predicted octanol–water partition coefficient (Wildman–Crippen LogP) is 0.233. The van der Waals surface area contributed by atoms with Gasteiger partial charge in [-0.15, -0.1) is 0 Å². The lowest BCUT2D eigenvalue weighted by molar-refractivity contribution is 0.385. The van der Waals surface area contributed by atoms with Crippen LogP contribution in [-0.2, 0) is 0 Å². The van der Waals surface area contributed by atoms with Crippen LogP contribution in [0, 0.1) is 0 Å². The Hall–Kier alpha value is -0.990. The molecule has 0 unspecified atom stereocenters. The molecule has 1 aromatic heterocycles. The van der Waals surface area contributed by atoms with Crippen molar-refractivity contribution in [1.29, 1.82) is 0 Å². The van der Waals surface area contributed by atoms with Crippen LogP contribution in [0.2, 0.25) is 0 Å². The largest absolute Gasteiger partial charge is 0.518 e. The summed E-state index contributed by atoms with van der Waals surface area (Å²) in [7, 11) is 0. The summed E-state index contributed by atoms with van der Waals surface area (Å²) in [6.07, 6.45) is -1.06. The van der Waals surface area contributed by atoms with Gasteiger partial charge in [0, 0.05) is 0 Å². The fourth-order valence-corrected chi connectivity index (χ4v) is 0.146. The van der Waals surface area contributed by atoms with Crippen molar-refractivity contribution >= 4 is 0 Å². The van der Waals surface area contributed by atoms with Crippen LogP contribution in [0.15, 0.2) is 26.1 Å². The average Bonchev–Trinajstić information content (AvgIpc) is 1.85. The zero-order valence-corrected chi connectivity index (χ0v) is 2.72. The van der Waals surface area contributed by atoms with Crippen molar-refractivity contribution in [2.45, 2.75) is 0 Å². The van der Waals surface area contributed by atoms with Crippen molar-refractivity contribution in [2.75, 3.05) is 0 Å². The summed E-state index contributed by atoms with van der Waals surface area (Å²) in [5, 5.41) is 0. The molecule has 32 valence electrons. The fraction of sp³-hybridized carbons (Fsp3) is 0. The minimum absolute atomic E-state index is 0.532. The second-order valence-electron chi connectivity index (χ2n) is 0.658. The first-order valence-electron chi connectivity index (χ1n) is 2.27. The molecule has 0 N–H and O–H groups in total. The Labute approximate surface area is 36.0 Å². The molecule has 0 aliphatic heterocycles. The highest BCUT2D eigenvalue weighted by Gasteiger charge is 1.77. The Morgan fingerprint density at radius 3 is 2.33 bits per heavy atom. The molecule has 0 bridgehead atoms. The van der Waals surface area contributed by atoms with Gasteiger partial charge in [-0.2, -0.15) is 0 Å². The molecule has 6 heavy (non-hydrogen) atoms. The molecule has 0 amide bonds. The third kappa shape index (κ3) is 0.337. The summed E-state index contributed by atoms with van der Waals surface area (Å²) in [4.78, 5) is 9.94. The summed E-state index contributed by atoms with van der Waals surface area (Å²) in [6.45, 7) is 0. The van der Waals surface area contributed by atoms with E-state index in [4.69, 9.17) is 2.74 Å². The van der Waals surface area contributed by atoms with Crippen LogP contribution in [-0.4, -0.2) is 0 Å². The molecule has 0 saturated heterocycles. The topological polar surface area (TPSA) is 43.4 Å². The van der Waals surface area contributed by atoms with Gasteiger partial charge in [0.2, 0.25) is 0 Å². The quantitative estimate of drug-likeness (QED) is 0.456. The maximum atomic E-state index is 9.94. The van der Waals surface area contributed by atoms with Crippen LogP contribution in [0.1, 0.15) is 2.74 Å². The molecule has 0 aromatic carbocycles. The van der Waals surface area contributed by atoms with Gasteiger partial charge in [0.15, 0.2) is 0 Å². The minimum Gasteiger partial charge on any atom is -0.399 e. The molecule has 0 fully saturated rings. The maximum Gasteiger partial charge on any atom is 0.518 e. The van der Waals surface area contributed by atoms with Crippen LogP contribution in [0.25, 0.3) is 0 Å². The van der Waals surface area contributed by atoms with Crippen molar-refractivity contribution in [3.63, 3.8) is 0 Å². The molecule has 0 aliphatic carbocycles. The van der Waals surface area contributed by atoms with E-state index in [2.05, 4.69) is 8.83 Å². The van der Waals surface area contributed by atoms with E-state index >= 15 is 0 Å². The van der Waals surface area contributed by atoms with Gasteiger partial charge in [-0.3, -0.25) is 0 Å². The molecule has 3 nitrogen and oxygen atoms in total. The first-order chi connectivity index (χ1) is 3.70. The van der Waals surface area contributed by atoms with E-state index in [9.17, 15) is 4.79 Å². The van der Waals surface area contributed by atoms with Crippen molar-refractivity contribution in [2.24, 2.45) is 0 Å². The van der Waals surface area contributed by atoms with Crippen LogP contribution < -0.4 is 5.82 Å². The zero-order valence-electron chi connectivity index (χ0n) is 4.72. The highest BCUT2D eigenvalue weighted by molar-refractivity contribution is 4.49. The summed E-state index contributed by atoms with van der Waals surface area (Å²) in [5.41, 5.74) is 0. The van der Waals surface area contributed by atoms with Crippen molar-refractivity contribution in [3.8, 4) is 0 Å². The van der Waals surface area contributed by atoms with Gasteiger partial charge in [0.05, 0.1) is 0 Å². The van der Waals surface area contributed by atoms with Crippen LogP contribution >= 0.6 is 0 Å². The SMILES string of the molecule is [2H]c1oc(=O)oc1[2H]. The van der Waals surface area contributed by atoms with Gasteiger partial charge in [0.25, 0.3) is 0 Å². The Morgan fingerprint density at radius 2 is 2.17 bits per heavy atom. The summed E-state index contributed by atoms with van der Waals surface area (Å²) < 4.78 is 21.1. The Kier molecular flexibility index (Phi) is 0.275. The normalized spacial score (nSPS) is 13.3. The molecule has 0 radical (unpaired) electrons. The van der Waals surface area contributed by atoms with Gasteiger partial charge in [-0.25, -0.2) is 4.79 Å². The molecule has 0 aliphatic rings. The van der Waals surface area contributed by atoms with Gasteiger partial charge < -0.3 is 8.83 Å². The van der Waals surface area contributed by atoms with E-state index in [-0.39, 0.29) is 0 Å². The molecule has 0 saturated carbocycles. The molecule has 1 rings (SSSR count). The molecule has 1 aromatic rings. The Bertz CT molecular complexity index is 212. The predicted molar refractivity (Wildman–Crippen MR) is 17.2 cm³/mol. The lowest BCUT2D eigenvalue weighted by Crippen LogP contribution is -1.83. The standard InChI is InChI=1S/C3H2O3/c4-3-5-1-2-6-3/h1-2H/i1D,2D. The van der Waals surface area contributed by atoms with Gasteiger partial charge >= 0.3 is 5.82 Å². The third-order valence-corrected chi connectivity index (χ3v) is 0.310. The van der Waals surface area contributed by atoms with E-state index in [1.54, 1.807) is 0 Å². The Morgan fingerprint density at radius 1 is 1.67 bits per heavy atom. The van der Waals surface area contributed by atoms with E-state index in [0.29, 0.717) is 0 Å². The monoisotopic (exact) mass is 88.0 g/mol. The van der Waals surface area contributed by atoms with E-state index in [1.165, 1.54) is 0 Å². The van der Waals surface area contributed by atoms with Crippen LogP contribution in [0.5, 0.6) is 0 Å². The smallest absolute Gasteiger partial charge is 0.399 e. The lowest BCUT2D eigenvalue weighted by atomic mass is 11.1. The molecular weight excluding hydrogens is 84.0 g/mol. The highest BCUT2D eigenvalue weighted by Crippen LogP contribution is 1.70. The fourth-order valence-electron chi connectivity index (χ4n) is 0.146. The maximum absolute atomic E-state index is 9.94. The number of rotatable bonds is 0. The van der Waals surface area contributed by atoms with E-state index < -0.39 is 18.3 Å². The first-order valence-corrected chi connectivity index (χ1v) is 1.27. The van der Waals surface area contributed by atoms with E-state index in [0.717, 1.165) is 0 Å². The van der Waals surface area contributed by atoms with Gasteiger partial charge in [-0.1, -0.05) is 0 Å². The number of hydrogen-bond donors (Lipinski definition) is 0. The summed E-state index contributed by atoms with van der Waals surface area (Å²) >= 11 is 0. The average molecular weight is 88.1 g/mol. The van der Waals surface area contributed by atoms with Crippen LogP contribution in [0.4, 0.5) is 0 Å². The van der Waals surface area contributed by atoms with Crippen molar-refractivity contribution in [3.05, 3.63) is 23.1 Å². The summed E-state index contributed by atoms with van der Waals surface area (Å²) in [6, 6.07) is 0. The molecule has 0 atom stereocenters. The van der Waals surface area contributed by atoms with Crippen molar-refractivity contribution in [1.82, 2.24) is 0 Å². The Balaban J connectivity index is 3.35. The second-order valence-corrected chi connectivity index (χ2v) is 0.658. The molecule has 0 spiro atoms. The highest BCUT2D eigenvalue weighted by atomic mass is 16.5. The lowest BCUT2D eigenvalue weighted by Gasteiger charge is -1.49. The van der Waals surface area contributed by atoms with E-state index in [1.807, 2.05) is 0 Å².